The zero-order chi connectivity index (χ0) is 23.0. The summed E-state index contributed by atoms with van der Waals surface area (Å²) in [5.41, 5.74) is -3.69. The van der Waals surface area contributed by atoms with E-state index in [1.807, 2.05) is 0 Å². The molecule has 0 spiro atoms. The number of thiol groups is 3. The van der Waals surface area contributed by atoms with Gasteiger partial charge in [-0.3, -0.25) is 14.4 Å². The lowest BCUT2D eigenvalue weighted by Crippen LogP contribution is -2.58. The van der Waals surface area contributed by atoms with E-state index in [1.54, 1.807) is 0 Å². The first-order valence-corrected chi connectivity index (χ1v) is 11.0. The van der Waals surface area contributed by atoms with Crippen molar-refractivity contribution in [2.75, 3.05) is 56.9 Å². The molecule has 0 aromatic rings. The Kier molecular flexibility index (Phi) is 15.6. The van der Waals surface area contributed by atoms with E-state index >= 15 is 0 Å². The molecule has 0 fully saturated rings. The minimum Gasteiger partial charge on any atom is -0.462 e. The van der Waals surface area contributed by atoms with Gasteiger partial charge in [-0.2, -0.15) is 37.9 Å². The van der Waals surface area contributed by atoms with Gasteiger partial charge in [-0.05, 0) is 0 Å². The molecule has 0 aliphatic carbocycles. The van der Waals surface area contributed by atoms with Crippen LogP contribution in [-0.4, -0.2) is 101 Å². The van der Waals surface area contributed by atoms with E-state index in [0.29, 0.717) is 0 Å². The zero-order valence-electron chi connectivity index (χ0n) is 16.5. The van der Waals surface area contributed by atoms with Crippen molar-refractivity contribution in [1.82, 2.24) is 0 Å². The first-order chi connectivity index (χ1) is 14.3. The summed E-state index contributed by atoms with van der Waals surface area (Å²) in [4.78, 5) is 35.5. The average Bonchev–Trinajstić information content (AvgIpc) is 2.74. The summed E-state index contributed by atoms with van der Waals surface area (Å²) >= 11 is 11.8. The minimum absolute atomic E-state index is 0.0246. The maximum Gasteiger partial charge on any atom is 0.306 e. The van der Waals surface area contributed by atoms with Crippen molar-refractivity contribution in [3.8, 4) is 0 Å². The molecule has 13 heteroatoms. The summed E-state index contributed by atoms with van der Waals surface area (Å²) in [5, 5.41) is 28.9. The Labute approximate surface area is 191 Å². The molecule has 3 N–H and O–H groups in total. The van der Waals surface area contributed by atoms with E-state index in [-0.39, 0.29) is 36.5 Å². The number of carbonyl (C=O) groups excluding carboxylic acids is 3. The molecule has 0 aromatic heterocycles. The van der Waals surface area contributed by atoms with Crippen LogP contribution in [0.3, 0.4) is 0 Å². The molecular weight excluding hydrogens is 460 g/mol. The van der Waals surface area contributed by atoms with E-state index in [9.17, 15) is 29.7 Å². The Morgan fingerprint density at radius 3 is 1.13 bits per heavy atom. The van der Waals surface area contributed by atoms with Gasteiger partial charge >= 0.3 is 17.9 Å². The molecule has 30 heavy (non-hydrogen) atoms. The van der Waals surface area contributed by atoms with Crippen LogP contribution in [0.25, 0.3) is 0 Å². The highest BCUT2D eigenvalue weighted by Gasteiger charge is 2.45. The van der Waals surface area contributed by atoms with Gasteiger partial charge in [0.05, 0.1) is 39.1 Å². The van der Waals surface area contributed by atoms with Crippen LogP contribution in [0.2, 0.25) is 0 Å². The largest absolute Gasteiger partial charge is 0.462 e. The lowest BCUT2D eigenvalue weighted by atomic mass is 10.0. The van der Waals surface area contributed by atoms with Crippen LogP contribution in [0.15, 0.2) is 0 Å². The quantitative estimate of drug-likeness (QED) is 0.0856. The fraction of sp³-hybridized carbons (Fsp3) is 0.824. The van der Waals surface area contributed by atoms with Crippen molar-refractivity contribution in [3.63, 3.8) is 0 Å². The lowest BCUT2D eigenvalue weighted by Gasteiger charge is -2.40. The molecule has 0 rings (SSSR count). The molecule has 0 saturated heterocycles. The smallest absolute Gasteiger partial charge is 0.306 e. The molecule has 0 unspecified atom stereocenters. The van der Waals surface area contributed by atoms with Gasteiger partial charge in [-0.25, -0.2) is 0 Å². The summed E-state index contributed by atoms with van der Waals surface area (Å²) in [5.74, 6) is -1.30. The van der Waals surface area contributed by atoms with Gasteiger partial charge in [-0.15, -0.1) is 0 Å². The zero-order valence-corrected chi connectivity index (χ0v) is 19.2. The molecule has 0 aliphatic heterocycles. The molecule has 0 aliphatic rings. The van der Waals surface area contributed by atoms with E-state index in [1.165, 1.54) is 0 Å². The van der Waals surface area contributed by atoms with Gasteiger partial charge in [-0.1, -0.05) is 0 Å². The van der Waals surface area contributed by atoms with Gasteiger partial charge in [0.2, 0.25) is 0 Å². The highest BCUT2D eigenvalue weighted by molar-refractivity contribution is 7.80. The molecule has 0 atom stereocenters. The van der Waals surface area contributed by atoms with Crippen molar-refractivity contribution < 1.29 is 48.7 Å². The molecule has 0 heterocycles. The van der Waals surface area contributed by atoms with E-state index in [4.69, 9.17) is 18.9 Å². The Morgan fingerprint density at radius 2 is 0.900 bits per heavy atom. The number of aliphatic hydroxyl groups excluding tert-OH is 3. The van der Waals surface area contributed by atoms with Crippen LogP contribution in [0.4, 0.5) is 0 Å². The van der Waals surface area contributed by atoms with Crippen molar-refractivity contribution in [3.05, 3.63) is 0 Å². The van der Waals surface area contributed by atoms with Gasteiger partial charge in [0.15, 0.2) is 5.60 Å². The second-order valence-electron chi connectivity index (χ2n) is 6.35. The second kappa shape index (κ2) is 16.0. The predicted octanol–water partition coefficient (Wildman–Crippen LogP) is -0.953. The molecule has 0 aromatic carbocycles. The van der Waals surface area contributed by atoms with Gasteiger partial charge in [0.25, 0.3) is 0 Å². The van der Waals surface area contributed by atoms with Gasteiger partial charge < -0.3 is 34.3 Å². The first kappa shape index (κ1) is 29.3. The first-order valence-electron chi connectivity index (χ1n) is 9.08. The molecule has 0 radical (unpaired) electrons. The van der Waals surface area contributed by atoms with E-state index < -0.39 is 68.8 Å². The Hall–Kier alpha value is -0.700. The van der Waals surface area contributed by atoms with Gasteiger partial charge in [0, 0.05) is 17.3 Å². The van der Waals surface area contributed by atoms with Crippen molar-refractivity contribution in [2.45, 2.75) is 30.5 Å². The van der Waals surface area contributed by atoms with Crippen molar-refractivity contribution in [1.29, 1.82) is 0 Å². The second-order valence-corrected chi connectivity index (χ2v) is 7.69. The van der Waals surface area contributed by atoms with Crippen LogP contribution in [-0.2, 0) is 33.3 Å². The summed E-state index contributed by atoms with van der Waals surface area (Å²) in [6.07, 6.45) is -0.0738. The summed E-state index contributed by atoms with van der Waals surface area (Å²) in [6.45, 7) is -4.11. The number of aliphatic hydroxyl groups is 3. The fourth-order valence-corrected chi connectivity index (χ4v) is 2.59. The van der Waals surface area contributed by atoms with Crippen LogP contribution in [0, 0.1) is 0 Å². The van der Waals surface area contributed by atoms with Crippen molar-refractivity contribution >= 4 is 55.8 Å². The third kappa shape index (κ3) is 11.1. The third-order valence-electron chi connectivity index (χ3n) is 3.73. The molecule has 176 valence electrons. The number of ether oxygens (including phenoxy) is 4. The van der Waals surface area contributed by atoms with Gasteiger partial charge in [0.1, 0.15) is 25.4 Å². The van der Waals surface area contributed by atoms with Crippen LogP contribution >= 0.6 is 37.9 Å². The predicted molar refractivity (Wildman–Crippen MR) is 116 cm³/mol. The number of carbonyl (C=O) groups is 3. The number of hydrogen-bond donors (Lipinski definition) is 6. The Bertz CT molecular complexity index is 465. The summed E-state index contributed by atoms with van der Waals surface area (Å²) < 4.78 is 21.1. The van der Waals surface area contributed by atoms with Crippen LogP contribution in [0.1, 0.15) is 19.3 Å². The highest BCUT2D eigenvalue weighted by atomic mass is 32.1. The van der Waals surface area contributed by atoms with Crippen molar-refractivity contribution in [2.24, 2.45) is 0 Å². The number of esters is 3. The fourth-order valence-electron chi connectivity index (χ4n) is 2.05. The Balaban J connectivity index is 5.77. The third-order valence-corrected chi connectivity index (χ3v) is 4.40. The number of rotatable bonds is 17. The molecule has 0 bridgehead atoms. The standard InChI is InChI=1S/C17H30O10S3/c18-7-16(8-19,9-20)27-17(10-24-13(21)1-4-28,11-25-14(22)2-5-29)12-26-15(23)3-6-30/h18-20,28-30H,1-12H2. The normalized spacial score (nSPS) is 11.8. The van der Waals surface area contributed by atoms with E-state index in [2.05, 4.69) is 37.9 Å². The van der Waals surface area contributed by atoms with Crippen LogP contribution < -0.4 is 0 Å². The lowest BCUT2D eigenvalue weighted by molar-refractivity contribution is -0.248. The Morgan fingerprint density at radius 1 is 0.600 bits per heavy atom. The summed E-state index contributed by atoms with van der Waals surface area (Å²) in [7, 11) is 0. The maximum atomic E-state index is 11.8. The van der Waals surface area contributed by atoms with E-state index in [0.717, 1.165) is 0 Å². The molecular formula is C17H30O10S3. The molecule has 10 nitrogen and oxygen atoms in total. The van der Waals surface area contributed by atoms with Crippen LogP contribution in [0.5, 0.6) is 0 Å². The molecule has 0 amide bonds. The SMILES string of the molecule is O=C(CCS)OCC(COC(=O)CCS)(COC(=O)CCS)OC(CO)(CO)CO. The average molecular weight is 491 g/mol. The highest BCUT2D eigenvalue weighted by Crippen LogP contribution is 2.24. The maximum absolute atomic E-state index is 11.8. The minimum atomic E-state index is -1.89. The monoisotopic (exact) mass is 490 g/mol. The molecule has 0 saturated carbocycles. The topological polar surface area (TPSA) is 149 Å². The summed E-state index contributed by atoms with van der Waals surface area (Å²) in [6, 6.07) is 0. The number of hydrogen-bond acceptors (Lipinski definition) is 13.